The molecule has 0 aromatic heterocycles. The Kier molecular flexibility index (Phi) is 6.40. The Labute approximate surface area is 154 Å². The predicted octanol–water partition coefficient (Wildman–Crippen LogP) is 4.79. The number of carbonyl (C=O) groups is 1. The minimum absolute atomic E-state index is 0.172. The van der Waals surface area contributed by atoms with Crippen LogP contribution in [0.5, 0.6) is 0 Å². The zero-order chi connectivity index (χ0) is 17.9. The molecule has 2 rings (SSSR count). The van der Waals surface area contributed by atoms with Gasteiger partial charge in [0.25, 0.3) is 0 Å². The van der Waals surface area contributed by atoms with E-state index in [4.69, 9.17) is 27.9 Å². The summed E-state index contributed by atoms with van der Waals surface area (Å²) in [5.41, 5.74) is 1.78. The second kappa shape index (κ2) is 7.94. The third-order valence-corrected chi connectivity index (χ3v) is 5.05. The van der Waals surface area contributed by atoms with Crippen LogP contribution in [0.2, 0.25) is 10.0 Å². The van der Waals surface area contributed by atoms with Crippen molar-refractivity contribution in [1.82, 2.24) is 10.2 Å². The SMILES string of the molecule is Cc1c(CN2CCC(NC(=O)OC(C)(C)C)CC2)ccc(Cl)c1Cl. The molecule has 6 heteroatoms. The first-order chi connectivity index (χ1) is 11.2. The summed E-state index contributed by atoms with van der Waals surface area (Å²) >= 11 is 12.3. The molecule has 1 heterocycles. The number of carbonyl (C=O) groups excluding carboxylic acids is 1. The Bertz CT molecular complexity index is 591. The van der Waals surface area contributed by atoms with Gasteiger partial charge in [-0.05, 0) is 57.7 Å². The Morgan fingerprint density at radius 3 is 2.50 bits per heavy atom. The summed E-state index contributed by atoms with van der Waals surface area (Å²) in [6.45, 7) is 10.3. The second-order valence-electron chi connectivity index (χ2n) is 7.34. The van der Waals surface area contributed by atoms with Crippen LogP contribution >= 0.6 is 23.2 Å². The minimum atomic E-state index is -0.462. The first kappa shape index (κ1) is 19.4. The van der Waals surface area contributed by atoms with Crippen molar-refractivity contribution in [2.75, 3.05) is 13.1 Å². The highest BCUT2D eigenvalue weighted by atomic mass is 35.5. The molecule has 0 spiro atoms. The molecular formula is C18H26Cl2N2O2. The second-order valence-corrected chi connectivity index (χ2v) is 8.13. The highest BCUT2D eigenvalue weighted by Crippen LogP contribution is 2.29. The zero-order valence-electron chi connectivity index (χ0n) is 14.8. The Balaban J connectivity index is 1.83. The highest BCUT2D eigenvalue weighted by Gasteiger charge is 2.24. The lowest BCUT2D eigenvalue weighted by Crippen LogP contribution is -2.45. The van der Waals surface area contributed by atoms with Gasteiger partial charge in [-0.1, -0.05) is 29.3 Å². The molecule has 0 saturated carbocycles. The lowest BCUT2D eigenvalue weighted by atomic mass is 10.0. The molecule has 1 saturated heterocycles. The molecule has 1 aromatic rings. The van der Waals surface area contributed by atoms with Crippen LogP contribution in [0.25, 0.3) is 0 Å². The topological polar surface area (TPSA) is 41.6 Å². The molecule has 1 N–H and O–H groups in total. The predicted molar refractivity (Wildman–Crippen MR) is 98.9 cm³/mol. The zero-order valence-corrected chi connectivity index (χ0v) is 16.3. The van der Waals surface area contributed by atoms with Gasteiger partial charge in [0.15, 0.2) is 0 Å². The van der Waals surface area contributed by atoms with Gasteiger partial charge < -0.3 is 10.1 Å². The standard InChI is InChI=1S/C18H26Cl2N2O2/c1-12-13(5-6-15(19)16(12)20)11-22-9-7-14(8-10-22)21-17(23)24-18(2,3)4/h5-6,14H,7-11H2,1-4H3,(H,21,23). The maximum atomic E-state index is 11.8. The molecule has 0 radical (unpaired) electrons. The summed E-state index contributed by atoms with van der Waals surface area (Å²) < 4.78 is 5.31. The first-order valence-electron chi connectivity index (χ1n) is 8.31. The summed E-state index contributed by atoms with van der Waals surface area (Å²) in [7, 11) is 0. The smallest absolute Gasteiger partial charge is 0.407 e. The van der Waals surface area contributed by atoms with Gasteiger partial charge in [0.2, 0.25) is 0 Å². The van der Waals surface area contributed by atoms with Gasteiger partial charge in [-0.25, -0.2) is 4.79 Å². The van der Waals surface area contributed by atoms with Crippen LogP contribution in [0.3, 0.4) is 0 Å². The molecule has 0 atom stereocenters. The maximum Gasteiger partial charge on any atom is 0.407 e. The Morgan fingerprint density at radius 2 is 1.92 bits per heavy atom. The molecule has 0 aliphatic carbocycles. The summed E-state index contributed by atoms with van der Waals surface area (Å²) in [5, 5.41) is 4.19. The quantitative estimate of drug-likeness (QED) is 0.828. The van der Waals surface area contributed by atoms with E-state index in [2.05, 4.69) is 10.2 Å². The van der Waals surface area contributed by atoms with E-state index < -0.39 is 5.60 Å². The van der Waals surface area contributed by atoms with Gasteiger partial charge in [0, 0.05) is 25.7 Å². The van der Waals surface area contributed by atoms with Gasteiger partial charge in [-0.15, -0.1) is 0 Å². The van der Waals surface area contributed by atoms with Crippen molar-refractivity contribution in [2.45, 2.75) is 58.7 Å². The molecule has 4 nitrogen and oxygen atoms in total. The number of alkyl carbamates (subject to hydrolysis) is 1. The van der Waals surface area contributed by atoms with Crippen LogP contribution in [0, 0.1) is 6.92 Å². The normalized spacial score (nSPS) is 16.9. The summed E-state index contributed by atoms with van der Waals surface area (Å²) in [6.07, 6.45) is 1.50. The van der Waals surface area contributed by atoms with Crippen molar-refractivity contribution in [3.05, 3.63) is 33.3 Å². The number of amides is 1. The number of hydrogen-bond donors (Lipinski definition) is 1. The van der Waals surface area contributed by atoms with E-state index in [1.165, 1.54) is 5.56 Å². The van der Waals surface area contributed by atoms with Crippen molar-refractivity contribution in [3.8, 4) is 0 Å². The number of hydrogen-bond acceptors (Lipinski definition) is 3. The minimum Gasteiger partial charge on any atom is -0.444 e. The van der Waals surface area contributed by atoms with E-state index in [0.29, 0.717) is 10.0 Å². The van der Waals surface area contributed by atoms with E-state index in [1.807, 2.05) is 39.8 Å². The van der Waals surface area contributed by atoms with Gasteiger partial charge in [0.05, 0.1) is 10.0 Å². The van der Waals surface area contributed by atoms with Crippen molar-refractivity contribution >= 4 is 29.3 Å². The molecule has 24 heavy (non-hydrogen) atoms. The Morgan fingerprint density at radius 1 is 1.29 bits per heavy atom. The lowest BCUT2D eigenvalue weighted by molar-refractivity contribution is 0.0477. The number of ether oxygens (including phenoxy) is 1. The molecule has 0 bridgehead atoms. The first-order valence-corrected chi connectivity index (χ1v) is 9.06. The third-order valence-electron chi connectivity index (χ3n) is 4.15. The summed E-state index contributed by atoms with van der Waals surface area (Å²) in [5.74, 6) is 0. The van der Waals surface area contributed by atoms with Crippen LogP contribution in [0.15, 0.2) is 12.1 Å². The largest absolute Gasteiger partial charge is 0.444 e. The van der Waals surface area contributed by atoms with E-state index in [0.717, 1.165) is 38.0 Å². The lowest BCUT2D eigenvalue weighted by Gasteiger charge is -2.33. The van der Waals surface area contributed by atoms with Crippen LogP contribution < -0.4 is 5.32 Å². The van der Waals surface area contributed by atoms with Crippen molar-refractivity contribution in [1.29, 1.82) is 0 Å². The molecule has 1 aliphatic rings. The number of benzene rings is 1. The van der Waals surface area contributed by atoms with Gasteiger partial charge in [0.1, 0.15) is 5.60 Å². The fourth-order valence-electron chi connectivity index (χ4n) is 2.81. The van der Waals surface area contributed by atoms with E-state index in [1.54, 1.807) is 0 Å². The molecule has 1 aliphatic heterocycles. The van der Waals surface area contributed by atoms with Crippen molar-refractivity contribution in [2.24, 2.45) is 0 Å². The molecule has 1 aromatic carbocycles. The molecule has 1 amide bonds. The summed E-state index contributed by atoms with van der Waals surface area (Å²) in [4.78, 5) is 14.2. The monoisotopic (exact) mass is 372 g/mol. The number of nitrogens with one attached hydrogen (secondary N) is 1. The number of likely N-dealkylation sites (tertiary alicyclic amines) is 1. The van der Waals surface area contributed by atoms with Gasteiger partial charge >= 0.3 is 6.09 Å². The number of halogens is 2. The molecule has 0 unspecified atom stereocenters. The molecular weight excluding hydrogens is 347 g/mol. The van der Waals surface area contributed by atoms with Gasteiger partial charge in [-0.2, -0.15) is 0 Å². The van der Waals surface area contributed by atoms with Crippen LogP contribution in [-0.4, -0.2) is 35.7 Å². The third kappa shape index (κ3) is 5.54. The van der Waals surface area contributed by atoms with Crippen molar-refractivity contribution in [3.63, 3.8) is 0 Å². The fraction of sp³-hybridized carbons (Fsp3) is 0.611. The summed E-state index contributed by atoms with van der Waals surface area (Å²) in [6, 6.07) is 4.06. The highest BCUT2D eigenvalue weighted by molar-refractivity contribution is 6.42. The van der Waals surface area contributed by atoms with Crippen molar-refractivity contribution < 1.29 is 9.53 Å². The number of rotatable bonds is 3. The van der Waals surface area contributed by atoms with E-state index in [9.17, 15) is 4.79 Å². The number of piperidine rings is 1. The van der Waals surface area contributed by atoms with E-state index >= 15 is 0 Å². The van der Waals surface area contributed by atoms with Crippen LogP contribution in [0.4, 0.5) is 4.79 Å². The maximum absolute atomic E-state index is 11.8. The van der Waals surface area contributed by atoms with Crippen LogP contribution in [-0.2, 0) is 11.3 Å². The van der Waals surface area contributed by atoms with E-state index in [-0.39, 0.29) is 12.1 Å². The fourth-order valence-corrected chi connectivity index (χ4v) is 3.20. The Hall–Kier alpha value is -0.970. The van der Waals surface area contributed by atoms with Gasteiger partial charge in [-0.3, -0.25) is 4.90 Å². The molecule has 1 fully saturated rings. The van der Waals surface area contributed by atoms with Crippen LogP contribution in [0.1, 0.15) is 44.7 Å². The molecule has 134 valence electrons. The average molecular weight is 373 g/mol. The average Bonchev–Trinajstić information content (AvgIpc) is 2.48. The number of nitrogens with zero attached hydrogens (tertiary/aromatic N) is 1.